The smallest absolute Gasteiger partial charge is 0.340 e. The molecule has 0 aromatic carbocycles. The van der Waals surface area contributed by atoms with Crippen molar-refractivity contribution in [2.75, 3.05) is 13.2 Å². The molecule has 0 aliphatic carbocycles. The fraction of sp³-hybridized carbons (Fsp3) is 0.600. The fourth-order valence-electron chi connectivity index (χ4n) is 1.56. The molecule has 0 bridgehead atoms. The second-order valence-corrected chi connectivity index (χ2v) is 5.76. The number of aromatic carboxylic acids is 1. The van der Waals surface area contributed by atoms with Crippen LogP contribution in [0.3, 0.4) is 0 Å². The maximum Gasteiger partial charge on any atom is 0.340 e. The summed E-state index contributed by atoms with van der Waals surface area (Å²) in [6.07, 6.45) is 2.13. The molecule has 4 N–H and O–H groups in total. The van der Waals surface area contributed by atoms with Crippen molar-refractivity contribution in [1.29, 1.82) is 0 Å². The summed E-state index contributed by atoms with van der Waals surface area (Å²) in [5.74, 6) is -1.37. The Kier molecular flexibility index (Phi) is 5.45. The number of aromatic amines is 1. The minimum Gasteiger partial charge on any atom is -0.478 e. The minimum absolute atomic E-state index is 0.00373. The number of carboxylic acid groups (broad SMARTS) is 1. The standard InChI is InChI=1S/C10H17N3O5S/c1-2-7(3-4-14)5-12-19(17,18)9-8(10(15)16)6-11-13-9/h6-7,12,14H,2-5H2,1H3,(H,11,13)(H,15,16). The molecule has 0 spiro atoms. The van der Waals surface area contributed by atoms with Crippen LogP contribution in [0.4, 0.5) is 0 Å². The minimum atomic E-state index is -3.95. The number of sulfonamides is 1. The summed E-state index contributed by atoms with van der Waals surface area (Å²) < 4.78 is 26.2. The molecule has 1 heterocycles. The lowest BCUT2D eigenvalue weighted by atomic mass is 10.0. The van der Waals surface area contributed by atoms with E-state index in [-0.39, 0.29) is 19.1 Å². The van der Waals surface area contributed by atoms with Crippen molar-refractivity contribution in [2.45, 2.75) is 24.8 Å². The van der Waals surface area contributed by atoms with Crippen molar-refractivity contribution >= 4 is 16.0 Å². The topological polar surface area (TPSA) is 132 Å². The number of aliphatic hydroxyl groups excluding tert-OH is 1. The van der Waals surface area contributed by atoms with Crippen molar-refractivity contribution in [2.24, 2.45) is 5.92 Å². The number of nitrogens with one attached hydrogen (secondary N) is 2. The van der Waals surface area contributed by atoms with Crippen molar-refractivity contribution in [3.05, 3.63) is 11.8 Å². The molecule has 8 nitrogen and oxygen atoms in total. The summed E-state index contributed by atoms with van der Waals surface area (Å²) in [6, 6.07) is 0. The van der Waals surface area contributed by atoms with Crippen LogP contribution < -0.4 is 4.72 Å². The van der Waals surface area contributed by atoms with Gasteiger partial charge < -0.3 is 10.2 Å². The molecule has 1 atom stereocenters. The van der Waals surface area contributed by atoms with E-state index in [0.29, 0.717) is 12.8 Å². The maximum absolute atomic E-state index is 11.9. The van der Waals surface area contributed by atoms with Gasteiger partial charge in [0.25, 0.3) is 10.0 Å². The zero-order valence-corrected chi connectivity index (χ0v) is 11.3. The van der Waals surface area contributed by atoms with E-state index in [0.717, 1.165) is 6.20 Å². The molecule has 1 unspecified atom stereocenters. The van der Waals surface area contributed by atoms with Gasteiger partial charge in [-0.25, -0.2) is 17.9 Å². The van der Waals surface area contributed by atoms with Gasteiger partial charge in [0.15, 0.2) is 5.03 Å². The molecule has 1 aromatic heterocycles. The molecule has 0 amide bonds. The zero-order valence-electron chi connectivity index (χ0n) is 10.5. The highest BCUT2D eigenvalue weighted by molar-refractivity contribution is 7.89. The molecule has 0 aliphatic rings. The van der Waals surface area contributed by atoms with Crippen LogP contribution in [0.5, 0.6) is 0 Å². The lowest BCUT2D eigenvalue weighted by molar-refractivity contribution is 0.0692. The van der Waals surface area contributed by atoms with Crippen LogP contribution in [0.15, 0.2) is 11.2 Å². The number of rotatable bonds is 8. The van der Waals surface area contributed by atoms with Gasteiger partial charge in [-0.05, 0) is 12.3 Å². The molecule has 9 heteroatoms. The molecule has 0 saturated carbocycles. The molecular weight excluding hydrogens is 274 g/mol. The lowest BCUT2D eigenvalue weighted by Crippen LogP contribution is -2.31. The summed E-state index contributed by atoms with van der Waals surface area (Å²) in [6.45, 7) is 2.00. The largest absolute Gasteiger partial charge is 0.478 e. The molecular formula is C10H17N3O5S. The van der Waals surface area contributed by atoms with Crippen molar-refractivity contribution in [3.8, 4) is 0 Å². The summed E-state index contributed by atoms with van der Waals surface area (Å²) in [5.41, 5.74) is -0.400. The fourth-order valence-corrected chi connectivity index (χ4v) is 2.77. The number of carbonyl (C=O) groups is 1. The highest BCUT2D eigenvalue weighted by Gasteiger charge is 2.25. The summed E-state index contributed by atoms with van der Waals surface area (Å²) in [5, 5.41) is 22.8. The molecule has 0 radical (unpaired) electrons. The Labute approximate surface area is 110 Å². The Bertz CT molecular complexity index is 525. The third-order valence-electron chi connectivity index (χ3n) is 2.78. The molecule has 0 saturated heterocycles. The number of aromatic nitrogens is 2. The average molecular weight is 291 g/mol. The number of aliphatic hydroxyl groups is 1. The van der Waals surface area contributed by atoms with Crippen LogP contribution >= 0.6 is 0 Å². The van der Waals surface area contributed by atoms with Gasteiger partial charge in [-0.2, -0.15) is 5.10 Å². The van der Waals surface area contributed by atoms with Gasteiger partial charge in [-0.3, -0.25) is 5.10 Å². The Morgan fingerprint density at radius 3 is 2.79 bits per heavy atom. The average Bonchev–Trinajstić information content (AvgIpc) is 2.84. The SMILES string of the molecule is CCC(CCO)CNS(=O)(=O)c1[nH]ncc1C(=O)O. The van der Waals surface area contributed by atoms with E-state index < -0.39 is 26.6 Å². The summed E-state index contributed by atoms with van der Waals surface area (Å²) >= 11 is 0. The molecule has 0 fully saturated rings. The first-order valence-electron chi connectivity index (χ1n) is 5.79. The van der Waals surface area contributed by atoms with E-state index >= 15 is 0 Å². The molecule has 19 heavy (non-hydrogen) atoms. The second kappa shape index (κ2) is 6.64. The van der Waals surface area contributed by atoms with Gasteiger partial charge in [-0.15, -0.1) is 0 Å². The Morgan fingerprint density at radius 2 is 2.26 bits per heavy atom. The van der Waals surface area contributed by atoms with Gasteiger partial charge in [0, 0.05) is 13.2 Å². The Balaban J connectivity index is 2.81. The molecule has 1 aromatic rings. The number of hydrogen-bond donors (Lipinski definition) is 4. The molecule has 1 rings (SSSR count). The molecule has 108 valence electrons. The van der Waals surface area contributed by atoms with Crippen LogP contribution in [0.1, 0.15) is 30.1 Å². The van der Waals surface area contributed by atoms with E-state index in [4.69, 9.17) is 10.2 Å². The van der Waals surface area contributed by atoms with Crippen LogP contribution in [0.25, 0.3) is 0 Å². The van der Waals surface area contributed by atoms with Crippen molar-refractivity contribution in [3.63, 3.8) is 0 Å². The highest BCUT2D eigenvalue weighted by atomic mass is 32.2. The first kappa shape index (κ1) is 15.6. The third kappa shape index (κ3) is 4.01. The molecule has 0 aliphatic heterocycles. The van der Waals surface area contributed by atoms with Crippen LogP contribution in [-0.2, 0) is 10.0 Å². The first-order chi connectivity index (χ1) is 8.92. The van der Waals surface area contributed by atoms with Crippen molar-refractivity contribution < 1.29 is 23.4 Å². The first-order valence-corrected chi connectivity index (χ1v) is 7.27. The summed E-state index contributed by atoms with van der Waals surface area (Å²) in [4.78, 5) is 10.8. The van der Waals surface area contributed by atoms with Gasteiger partial charge in [0.1, 0.15) is 5.56 Å². The normalized spacial score (nSPS) is 13.4. The van der Waals surface area contributed by atoms with Gasteiger partial charge in [-0.1, -0.05) is 13.3 Å². The van der Waals surface area contributed by atoms with Crippen LogP contribution in [0, 0.1) is 5.92 Å². The van der Waals surface area contributed by atoms with Gasteiger partial charge in [0.05, 0.1) is 6.20 Å². The van der Waals surface area contributed by atoms with Crippen LogP contribution in [-0.4, -0.2) is 47.9 Å². The van der Waals surface area contributed by atoms with Gasteiger partial charge >= 0.3 is 5.97 Å². The Hall–Kier alpha value is -1.45. The van der Waals surface area contributed by atoms with E-state index in [1.54, 1.807) is 0 Å². The van der Waals surface area contributed by atoms with E-state index in [9.17, 15) is 13.2 Å². The van der Waals surface area contributed by atoms with Gasteiger partial charge in [0.2, 0.25) is 0 Å². The predicted molar refractivity (Wildman–Crippen MR) is 66.2 cm³/mol. The predicted octanol–water partition coefficient (Wildman–Crippen LogP) is -0.205. The van der Waals surface area contributed by atoms with E-state index in [1.165, 1.54) is 0 Å². The highest BCUT2D eigenvalue weighted by Crippen LogP contribution is 2.13. The number of H-pyrrole nitrogens is 1. The quantitative estimate of drug-likeness (QED) is 0.524. The second-order valence-electron chi connectivity index (χ2n) is 4.06. The number of carboxylic acids is 1. The maximum atomic E-state index is 11.9. The third-order valence-corrected chi connectivity index (χ3v) is 4.18. The van der Waals surface area contributed by atoms with Crippen LogP contribution in [0.2, 0.25) is 0 Å². The van der Waals surface area contributed by atoms with E-state index in [2.05, 4.69) is 14.9 Å². The number of hydrogen-bond acceptors (Lipinski definition) is 5. The monoisotopic (exact) mass is 291 g/mol. The zero-order chi connectivity index (χ0) is 14.5. The Morgan fingerprint density at radius 1 is 1.58 bits per heavy atom. The lowest BCUT2D eigenvalue weighted by Gasteiger charge is -2.14. The number of nitrogens with zero attached hydrogens (tertiary/aromatic N) is 1. The van der Waals surface area contributed by atoms with E-state index in [1.807, 2.05) is 6.92 Å². The summed E-state index contributed by atoms with van der Waals surface area (Å²) in [7, 11) is -3.95. The van der Waals surface area contributed by atoms with Crippen molar-refractivity contribution in [1.82, 2.24) is 14.9 Å².